The molecule has 0 aliphatic heterocycles. The molecule has 1 heterocycles. The number of ether oxygens (including phenoxy) is 1. The van der Waals surface area contributed by atoms with Crippen molar-refractivity contribution >= 4 is 34.2 Å². The zero-order valence-corrected chi connectivity index (χ0v) is 11.5. The second-order valence-corrected chi connectivity index (χ2v) is 4.56. The van der Waals surface area contributed by atoms with Gasteiger partial charge in [-0.1, -0.05) is 17.7 Å². The van der Waals surface area contributed by atoms with Crippen LogP contribution in [0.1, 0.15) is 5.82 Å². The summed E-state index contributed by atoms with van der Waals surface area (Å²) in [7, 11) is 0. The van der Waals surface area contributed by atoms with Gasteiger partial charge in [0.1, 0.15) is 12.4 Å². The molecule has 0 amide bonds. The number of hydrogen-bond acceptors (Lipinski definition) is 2. The molecule has 0 saturated heterocycles. The van der Waals surface area contributed by atoms with E-state index < -0.39 is 13.0 Å². The monoisotopic (exact) mass is 308 g/mol. The zero-order chi connectivity index (χ0) is 13.8. The lowest BCUT2D eigenvalue weighted by atomic mass is 10.3. The Morgan fingerprint density at radius 1 is 1.37 bits per heavy atom. The molecule has 0 spiro atoms. The Kier molecular flexibility index (Phi) is 4.96. The molecular weight excluding hydrogens is 297 g/mol. The lowest BCUT2D eigenvalue weighted by Crippen LogP contribution is -2.12. The Bertz CT molecular complexity index is 560. The summed E-state index contributed by atoms with van der Waals surface area (Å²) in [5.41, 5.74) is 1.48. The van der Waals surface area contributed by atoms with Crippen molar-refractivity contribution in [1.29, 1.82) is 0 Å². The molecule has 2 rings (SSSR count). The summed E-state index contributed by atoms with van der Waals surface area (Å²) >= 11 is 12.0. The molecule has 0 unspecified atom stereocenters. The van der Waals surface area contributed by atoms with Crippen molar-refractivity contribution in [2.45, 2.75) is 18.9 Å². The van der Waals surface area contributed by atoms with E-state index >= 15 is 0 Å². The first kappa shape index (κ1) is 14.5. The van der Waals surface area contributed by atoms with E-state index in [1.165, 1.54) is 0 Å². The van der Waals surface area contributed by atoms with Crippen molar-refractivity contribution in [1.82, 2.24) is 9.55 Å². The van der Waals surface area contributed by atoms with Crippen LogP contribution in [-0.2, 0) is 17.2 Å². The minimum atomic E-state index is -2.46. The quantitative estimate of drug-likeness (QED) is 0.601. The first-order chi connectivity index (χ1) is 9.13. The number of nitrogens with zero attached hydrogens (tertiary/aromatic N) is 2. The topological polar surface area (TPSA) is 27.1 Å². The lowest BCUT2D eigenvalue weighted by molar-refractivity contribution is 0.0149. The molecular formula is C12H12Cl2F2N2O. The molecule has 0 fully saturated rings. The molecule has 0 aliphatic rings. The molecule has 2 aromatic rings. The van der Waals surface area contributed by atoms with Crippen molar-refractivity contribution in [3.63, 3.8) is 0 Å². The molecule has 0 atom stereocenters. The Balaban J connectivity index is 2.20. The number of imidazole rings is 1. The summed E-state index contributed by atoms with van der Waals surface area (Å²) in [6, 6.07) is 5.38. The fourth-order valence-electron chi connectivity index (χ4n) is 1.86. The van der Waals surface area contributed by atoms with Crippen molar-refractivity contribution in [2.24, 2.45) is 0 Å². The van der Waals surface area contributed by atoms with Gasteiger partial charge in [-0.2, -0.15) is 0 Å². The van der Waals surface area contributed by atoms with E-state index in [0.29, 0.717) is 17.4 Å². The van der Waals surface area contributed by atoms with Gasteiger partial charge in [-0.3, -0.25) is 0 Å². The molecule has 0 aliphatic carbocycles. The van der Waals surface area contributed by atoms with Crippen molar-refractivity contribution in [3.05, 3.63) is 29.0 Å². The van der Waals surface area contributed by atoms with Gasteiger partial charge in [-0.15, -0.1) is 11.6 Å². The molecule has 3 nitrogen and oxygen atoms in total. The maximum absolute atomic E-state index is 12.0. The SMILES string of the molecule is FC(F)COCCn1c(CCl)nc2cccc(Cl)c21. The van der Waals surface area contributed by atoms with Crippen LogP contribution in [0.4, 0.5) is 8.78 Å². The van der Waals surface area contributed by atoms with E-state index in [0.717, 1.165) is 11.0 Å². The van der Waals surface area contributed by atoms with E-state index in [4.69, 9.17) is 27.9 Å². The Morgan fingerprint density at radius 2 is 2.16 bits per heavy atom. The average molecular weight is 309 g/mol. The van der Waals surface area contributed by atoms with Crippen LogP contribution in [0.15, 0.2) is 18.2 Å². The Labute approximate surface area is 119 Å². The first-order valence-corrected chi connectivity index (χ1v) is 6.60. The van der Waals surface area contributed by atoms with Crippen LogP contribution in [0.5, 0.6) is 0 Å². The third-order valence-electron chi connectivity index (χ3n) is 2.62. The van der Waals surface area contributed by atoms with Crippen LogP contribution >= 0.6 is 23.2 Å². The average Bonchev–Trinajstić information content (AvgIpc) is 2.74. The van der Waals surface area contributed by atoms with Crippen molar-refractivity contribution in [2.75, 3.05) is 13.2 Å². The normalized spacial score (nSPS) is 11.6. The maximum Gasteiger partial charge on any atom is 0.261 e. The summed E-state index contributed by atoms with van der Waals surface area (Å²) in [4.78, 5) is 4.35. The van der Waals surface area contributed by atoms with E-state index in [9.17, 15) is 8.78 Å². The highest BCUT2D eigenvalue weighted by Gasteiger charge is 2.12. The fourth-order valence-corrected chi connectivity index (χ4v) is 2.34. The maximum atomic E-state index is 12.0. The van der Waals surface area contributed by atoms with E-state index in [2.05, 4.69) is 4.98 Å². The van der Waals surface area contributed by atoms with Gasteiger partial charge in [0.25, 0.3) is 6.43 Å². The summed E-state index contributed by atoms with van der Waals surface area (Å²) < 4.78 is 30.6. The number of rotatable bonds is 6. The molecule has 0 saturated carbocycles. The van der Waals surface area contributed by atoms with Gasteiger partial charge in [-0.05, 0) is 12.1 Å². The Morgan fingerprint density at radius 3 is 2.84 bits per heavy atom. The van der Waals surface area contributed by atoms with E-state index in [1.807, 2.05) is 6.07 Å². The van der Waals surface area contributed by atoms with Gasteiger partial charge < -0.3 is 9.30 Å². The number of aromatic nitrogens is 2. The third kappa shape index (κ3) is 3.35. The van der Waals surface area contributed by atoms with Crippen molar-refractivity contribution in [3.8, 4) is 0 Å². The number of hydrogen-bond donors (Lipinski definition) is 0. The fraction of sp³-hybridized carbons (Fsp3) is 0.417. The van der Waals surface area contributed by atoms with Gasteiger partial charge in [-0.25, -0.2) is 13.8 Å². The van der Waals surface area contributed by atoms with Gasteiger partial charge >= 0.3 is 0 Å². The molecule has 1 aromatic heterocycles. The second-order valence-electron chi connectivity index (χ2n) is 3.89. The van der Waals surface area contributed by atoms with Crippen LogP contribution < -0.4 is 0 Å². The van der Waals surface area contributed by atoms with Crippen molar-refractivity contribution < 1.29 is 13.5 Å². The largest absolute Gasteiger partial charge is 0.374 e. The summed E-state index contributed by atoms with van der Waals surface area (Å²) in [5.74, 6) is 0.866. The third-order valence-corrected chi connectivity index (χ3v) is 3.16. The molecule has 7 heteroatoms. The molecule has 1 aromatic carbocycles. The van der Waals surface area contributed by atoms with Crippen LogP contribution in [0, 0.1) is 0 Å². The van der Waals surface area contributed by atoms with Crippen LogP contribution in [-0.4, -0.2) is 29.2 Å². The van der Waals surface area contributed by atoms with Gasteiger partial charge in [0.15, 0.2) is 0 Å². The number of benzene rings is 1. The predicted molar refractivity (Wildman–Crippen MR) is 71.1 cm³/mol. The summed E-state index contributed by atoms with van der Waals surface area (Å²) in [6.45, 7) is -0.0313. The summed E-state index contributed by atoms with van der Waals surface area (Å²) in [5, 5.41) is 0.551. The van der Waals surface area contributed by atoms with Gasteiger partial charge in [0.05, 0.1) is 28.5 Å². The number of fused-ring (bicyclic) bond motifs is 1. The molecule has 104 valence electrons. The highest BCUT2D eigenvalue weighted by Crippen LogP contribution is 2.25. The molecule has 19 heavy (non-hydrogen) atoms. The van der Waals surface area contributed by atoms with Crippen LogP contribution in [0.2, 0.25) is 5.02 Å². The van der Waals surface area contributed by atoms with Crippen LogP contribution in [0.25, 0.3) is 11.0 Å². The zero-order valence-electron chi connectivity index (χ0n) is 9.95. The second kappa shape index (κ2) is 6.50. The van der Waals surface area contributed by atoms with Gasteiger partial charge in [0, 0.05) is 6.54 Å². The summed E-state index contributed by atoms with van der Waals surface area (Å²) in [6.07, 6.45) is -2.46. The smallest absolute Gasteiger partial charge is 0.261 e. The minimum absolute atomic E-state index is 0.158. The molecule has 0 bridgehead atoms. The lowest BCUT2D eigenvalue weighted by Gasteiger charge is -2.09. The van der Waals surface area contributed by atoms with Gasteiger partial charge in [0.2, 0.25) is 0 Å². The molecule has 0 radical (unpaired) electrons. The highest BCUT2D eigenvalue weighted by molar-refractivity contribution is 6.35. The van der Waals surface area contributed by atoms with E-state index in [-0.39, 0.29) is 12.5 Å². The number of halogens is 4. The standard InChI is InChI=1S/C12H12Cl2F2N2O/c13-6-11-17-9-3-1-2-8(14)12(9)18(11)4-5-19-7-10(15)16/h1-3,10H,4-7H2. The number of alkyl halides is 3. The molecule has 0 N–H and O–H groups in total. The first-order valence-electron chi connectivity index (χ1n) is 5.69. The van der Waals surface area contributed by atoms with Crippen LogP contribution in [0.3, 0.4) is 0 Å². The minimum Gasteiger partial charge on any atom is -0.374 e. The predicted octanol–water partition coefficient (Wildman–Crippen LogP) is 3.71. The highest BCUT2D eigenvalue weighted by atomic mass is 35.5. The number of para-hydroxylation sites is 1. The Hall–Kier alpha value is -0.910. The van der Waals surface area contributed by atoms with E-state index in [1.54, 1.807) is 16.7 Å².